The van der Waals surface area contributed by atoms with Gasteiger partial charge in [-0.15, -0.1) is 0 Å². The summed E-state index contributed by atoms with van der Waals surface area (Å²) in [6, 6.07) is 10.1. The van der Waals surface area contributed by atoms with Gasteiger partial charge in [0.2, 0.25) is 0 Å². The third-order valence-corrected chi connectivity index (χ3v) is 3.53. The SMILES string of the molecule is CCN(C(=O)OCc1ccccc1)C1CCNCC1. The number of rotatable bonds is 4. The van der Waals surface area contributed by atoms with E-state index in [0.29, 0.717) is 19.2 Å². The fourth-order valence-corrected chi connectivity index (χ4v) is 2.46. The Bertz CT molecular complexity index is 388. The van der Waals surface area contributed by atoms with Gasteiger partial charge in [-0.25, -0.2) is 4.79 Å². The summed E-state index contributed by atoms with van der Waals surface area (Å²) < 4.78 is 5.40. The molecule has 0 unspecified atom stereocenters. The maximum Gasteiger partial charge on any atom is 0.410 e. The molecule has 1 amide bonds. The van der Waals surface area contributed by atoms with Gasteiger partial charge >= 0.3 is 6.09 Å². The Morgan fingerprint density at radius 3 is 2.63 bits per heavy atom. The van der Waals surface area contributed by atoms with Gasteiger partial charge in [0.15, 0.2) is 0 Å². The monoisotopic (exact) mass is 262 g/mol. The molecule has 4 nitrogen and oxygen atoms in total. The summed E-state index contributed by atoms with van der Waals surface area (Å²) in [4.78, 5) is 14.0. The summed E-state index contributed by atoms with van der Waals surface area (Å²) in [6.45, 7) is 5.02. The van der Waals surface area contributed by atoms with Gasteiger partial charge in [0.05, 0.1) is 0 Å². The van der Waals surface area contributed by atoms with Crippen LogP contribution in [0, 0.1) is 0 Å². The average molecular weight is 262 g/mol. The number of hydrogen-bond acceptors (Lipinski definition) is 3. The molecule has 4 heteroatoms. The van der Waals surface area contributed by atoms with E-state index in [4.69, 9.17) is 4.74 Å². The normalized spacial score (nSPS) is 16.1. The minimum Gasteiger partial charge on any atom is -0.445 e. The predicted octanol–water partition coefficient (Wildman–Crippen LogP) is 2.40. The van der Waals surface area contributed by atoms with Crippen molar-refractivity contribution in [2.45, 2.75) is 32.4 Å². The van der Waals surface area contributed by atoms with Crippen LogP contribution < -0.4 is 5.32 Å². The fourth-order valence-electron chi connectivity index (χ4n) is 2.46. The maximum absolute atomic E-state index is 12.1. The first-order valence-corrected chi connectivity index (χ1v) is 6.99. The molecule has 0 spiro atoms. The van der Waals surface area contributed by atoms with Crippen molar-refractivity contribution in [1.82, 2.24) is 10.2 Å². The summed E-state index contributed by atoms with van der Waals surface area (Å²) in [5.41, 5.74) is 1.03. The molecule has 0 atom stereocenters. The molecule has 1 saturated heterocycles. The Labute approximate surface area is 114 Å². The van der Waals surface area contributed by atoms with Crippen molar-refractivity contribution in [2.24, 2.45) is 0 Å². The molecule has 1 heterocycles. The molecule has 2 rings (SSSR count). The Morgan fingerprint density at radius 1 is 1.32 bits per heavy atom. The molecule has 0 saturated carbocycles. The van der Waals surface area contributed by atoms with E-state index in [1.165, 1.54) is 0 Å². The van der Waals surface area contributed by atoms with E-state index in [0.717, 1.165) is 31.5 Å². The van der Waals surface area contributed by atoms with Gasteiger partial charge in [-0.3, -0.25) is 0 Å². The van der Waals surface area contributed by atoms with Crippen LogP contribution in [-0.2, 0) is 11.3 Å². The van der Waals surface area contributed by atoms with E-state index in [-0.39, 0.29) is 6.09 Å². The van der Waals surface area contributed by atoms with Gasteiger partial charge in [0.1, 0.15) is 6.61 Å². The smallest absolute Gasteiger partial charge is 0.410 e. The van der Waals surface area contributed by atoms with Crippen molar-refractivity contribution >= 4 is 6.09 Å². The molecule has 1 N–H and O–H groups in total. The van der Waals surface area contributed by atoms with Crippen molar-refractivity contribution in [1.29, 1.82) is 0 Å². The number of piperidine rings is 1. The lowest BCUT2D eigenvalue weighted by atomic mass is 10.1. The zero-order valence-corrected chi connectivity index (χ0v) is 11.5. The topological polar surface area (TPSA) is 41.6 Å². The maximum atomic E-state index is 12.1. The third-order valence-electron chi connectivity index (χ3n) is 3.53. The van der Waals surface area contributed by atoms with E-state index in [2.05, 4.69) is 5.32 Å². The van der Waals surface area contributed by atoms with Gasteiger partial charge in [-0.2, -0.15) is 0 Å². The average Bonchev–Trinajstić information content (AvgIpc) is 2.48. The highest BCUT2D eigenvalue weighted by Gasteiger charge is 2.24. The third kappa shape index (κ3) is 3.96. The lowest BCUT2D eigenvalue weighted by Crippen LogP contribution is -2.46. The summed E-state index contributed by atoms with van der Waals surface area (Å²) in [7, 11) is 0. The molecule has 19 heavy (non-hydrogen) atoms. The second-order valence-electron chi connectivity index (χ2n) is 4.81. The Morgan fingerprint density at radius 2 is 2.00 bits per heavy atom. The van der Waals surface area contributed by atoms with E-state index in [1.807, 2.05) is 42.2 Å². The van der Waals surface area contributed by atoms with Crippen LogP contribution in [-0.4, -0.2) is 36.7 Å². The Kier molecular flexibility index (Phi) is 5.21. The number of hydrogen-bond donors (Lipinski definition) is 1. The zero-order chi connectivity index (χ0) is 13.5. The highest BCUT2D eigenvalue weighted by molar-refractivity contribution is 5.68. The first-order valence-electron chi connectivity index (χ1n) is 6.99. The summed E-state index contributed by atoms with van der Waals surface area (Å²) in [5.74, 6) is 0. The summed E-state index contributed by atoms with van der Waals surface area (Å²) in [5, 5.41) is 3.31. The van der Waals surface area contributed by atoms with Crippen molar-refractivity contribution in [3.8, 4) is 0 Å². The lowest BCUT2D eigenvalue weighted by molar-refractivity contribution is 0.0759. The number of nitrogens with one attached hydrogen (secondary N) is 1. The van der Waals surface area contributed by atoms with Crippen molar-refractivity contribution in [3.05, 3.63) is 35.9 Å². The first-order chi connectivity index (χ1) is 9.31. The van der Waals surface area contributed by atoms with Crippen LogP contribution in [0.15, 0.2) is 30.3 Å². The molecule has 0 aliphatic carbocycles. The predicted molar refractivity (Wildman–Crippen MR) is 74.9 cm³/mol. The molecule has 0 radical (unpaired) electrons. The zero-order valence-electron chi connectivity index (χ0n) is 11.5. The molecule has 1 fully saturated rings. The van der Waals surface area contributed by atoms with Crippen LogP contribution in [0.1, 0.15) is 25.3 Å². The molecule has 1 aromatic carbocycles. The van der Waals surface area contributed by atoms with Gasteiger partial charge in [-0.05, 0) is 38.4 Å². The quantitative estimate of drug-likeness (QED) is 0.906. The van der Waals surface area contributed by atoms with Crippen molar-refractivity contribution in [3.63, 3.8) is 0 Å². The molecule has 0 bridgehead atoms. The highest BCUT2D eigenvalue weighted by atomic mass is 16.6. The van der Waals surface area contributed by atoms with Crippen LogP contribution in [0.2, 0.25) is 0 Å². The van der Waals surface area contributed by atoms with Crippen LogP contribution in [0.3, 0.4) is 0 Å². The fraction of sp³-hybridized carbons (Fsp3) is 0.533. The van der Waals surface area contributed by atoms with Crippen LogP contribution in [0.5, 0.6) is 0 Å². The van der Waals surface area contributed by atoms with E-state index in [9.17, 15) is 4.79 Å². The highest BCUT2D eigenvalue weighted by Crippen LogP contribution is 2.13. The van der Waals surface area contributed by atoms with Gasteiger partial charge in [0.25, 0.3) is 0 Å². The van der Waals surface area contributed by atoms with Crippen molar-refractivity contribution < 1.29 is 9.53 Å². The van der Waals surface area contributed by atoms with Crippen LogP contribution in [0.25, 0.3) is 0 Å². The number of carbonyl (C=O) groups is 1. The molecule has 1 aromatic rings. The standard InChI is InChI=1S/C15H22N2O2/c1-2-17(14-8-10-16-11-9-14)15(18)19-12-13-6-4-3-5-7-13/h3-7,14,16H,2,8-12H2,1H3. The molecular weight excluding hydrogens is 240 g/mol. The van der Waals surface area contributed by atoms with E-state index in [1.54, 1.807) is 0 Å². The van der Waals surface area contributed by atoms with Crippen LogP contribution >= 0.6 is 0 Å². The summed E-state index contributed by atoms with van der Waals surface area (Å²) in [6.07, 6.45) is 1.82. The second-order valence-corrected chi connectivity index (χ2v) is 4.81. The van der Waals surface area contributed by atoms with Gasteiger partial charge < -0.3 is 15.0 Å². The Hall–Kier alpha value is -1.55. The minimum absolute atomic E-state index is 0.196. The van der Waals surface area contributed by atoms with E-state index < -0.39 is 0 Å². The summed E-state index contributed by atoms with van der Waals surface area (Å²) >= 11 is 0. The number of amides is 1. The molecule has 104 valence electrons. The van der Waals surface area contributed by atoms with Gasteiger partial charge in [0, 0.05) is 12.6 Å². The minimum atomic E-state index is -0.196. The van der Waals surface area contributed by atoms with Crippen molar-refractivity contribution in [2.75, 3.05) is 19.6 Å². The largest absolute Gasteiger partial charge is 0.445 e. The molecule has 1 aliphatic rings. The Balaban J connectivity index is 1.86. The number of carbonyl (C=O) groups excluding carboxylic acids is 1. The van der Waals surface area contributed by atoms with E-state index >= 15 is 0 Å². The van der Waals surface area contributed by atoms with Gasteiger partial charge in [-0.1, -0.05) is 30.3 Å². The number of ether oxygens (including phenoxy) is 1. The number of nitrogens with zero attached hydrogens (tertiary/aromatic N) is 1. The molecular formula is C15H22N2O2. The lowest BCUT2D eigenvalue weighted by Gasteiger charge is -2.33. The number of benzene rings is 1. The molecule has 1 aliphatic heterocycles. The first kappa shape index (κ1) is 13.9. The second kappa shape index (κ2) is 7.14. The van der Waals surface area contributed by atoms with Crippen LogP contribution in [0.4, 0.5) is 4.79 Å². The molecule has 0 aromatic heterocycles.